The molecule has 0 unspecified atom stereocenters. The molecule has 1 aromatic carbocycles. The monoisotopic (exact) mass is 344 g/mol. The van der Waals surface area contributed by atoms with Crippen molar-refractivity contribution < 1.29 is 13.2 Å². The molecular formula is C14H12BrF3N2. The van der Waals surface area contributed by atoms with Crippen LogP contribution >= 0.6 is 15.9 Å². The van der Waals surface area contributed by atoms with Gasteiger partial charge in [-0.3, -0.25) is 0 Å². The van der Waals surface area contributed by atoms with Crippen molar-refractivity contribution >= 4 is 15.9 Å². The lowest BCUT2D eigenvalue weighted by Crippen LogP contribution is -2.11. The van der Waals surface area contributed by atoms with Crippen LogP contribution in [0.25, 0.3) is 5.69 Å². The van der Waals surface area contributed by atoms with Gasteiger partial charge < -0.3 is 0 Å². The van der Waals surface area contributed by atoms with Gasteiger partial charge in [-0.1, -0.05) is 22.0 Å². The summed E-state index contributed by atoms with van der Waals surface area (Å²) in [7, 11) is 0. The molecule has 0 saturated carbocycles. The molecule has 0 aliphatic heterocycles. The molecule has 0 N–H and O–H groups in total. The van der Waals surface area contributed by atoms with Crippen molar-refractivity contribution in [3.05, 3.63) is 45.7 Å². The zero-order valence-electron chi connectivity index (χ0n) is 10.5. The number of hydrogen-bond acceptors (Lipinski definition) is 1. The summed E-state index contributed by atoms with van der Waals surface area (Å²) in [5.41, 5.74) is 0.991. The Morgan fingerprint density at radius 2 is 1.90 bits per heavy atom. The van der Waals surface area contributed by atoms with Crippen LogP contribution in [-0.4, -0.2) is 9.78 Å². The van der Waals surface area contributed by atoms with Gasteiger partial charge in [-0.2, -0.15) is 18.3 Å². The van der Waals surface area contributed by atoms with Crippen LogP contribution in [0.1, 0.15) is 29.8 Å². The van der Waals surface area contributed by atoms with E-state index in [9.17, 15) is 13.2 Å². The molecule has 1 aliphatic rings. The lowest BCUT2D eigenvalue weighted by molar-refractivity contribution is -0.142. The first-order valence-corrected chi connectivity index (χ1v) is 7.20. The van der Waals surface area contributed by atoms with Crippen LogP contribution in [0.15, 0.2) is 28.7 Å². The second-order valence-corrected chi connectivity index (χ2v) is 5.79. The number of hydrogen-bond donors (Lipinski definition) is 0. The number of rotatable bonds is 1. The van der Waals surface area contributed by atoms with Gasteiger partial charge in [0.2, 0.25) is 0 Å². The summed E-state index contributed by atoms with van der Waals surface area (Å²) in [6, 6.07) is 7.18. The minimum Gasteiger partial charge on any atom is -0.237 e. The Hall–Kier alpha value is -1.30. The maximum Gasteiger partial charge on any atom is 0.435 e. The van der Waals surface area contributed by atoms with Crippen LogP contribution in [0.2, 0.25) is 0 Å². The predicted molar refractivity (Wildman–Crippen MR) is 72.9 cm³/mol. The van der Waals surface area contributed by atoms with Gasteiger partial charge in [0.05, 0.1) is 5.69 Å². The third-order valence-electron chi connectivity index (χ3n) is 3.50. The average molecular weight is 345 g/mol. The summed E-state index contributed by atoms with van der Waals surface area (Å²) in [5.74, 6) is 0. The molecule has 0 saturated heterocycles. The van der Waals surface area contributed by atoms with Crippen molar-refractivity contribution in [1.82, 2.24) is 9.78 Å². The Labute approximate surface area is 122 Å². The first-order chi connectivity index (χ1) is 9.47. The van der Waals surface area contributed by atoms with E-state index in [1.54, 1.807) is 18.2 Å². The summed E-state index contributed by atoms with van der Waals surface area (Å²) >= 11 is 3.34. The Morgan fingerprint density at radius 1 is 1.15 bits per heavy atom. The van der Waals surface area contributed by atoms with Gasteiger partial charge in [0, 0.05) is 15.7 Å². The quantitative estimate of drug-likeness (QED) is 0.742. The van der Waals surface area contributed by atoms with Crippen LogP contribution < -0.4 is 0 Å². The summed E-state index contributed by atoms with van der Waals surface area (Å²) in [4.78, 5) is 0. The molecule has 0 spiro atoms. The van der Waals surface area contributed by atoms with E-state index in [2.05, 4.69) is 21.0 Å². The SMILES string of the molecule is FC(F)(F)c1nn(-c2cccc(Br)c2)c2c1CCCC2. The van der Waals surface area contributed by atoms with E-state index in [1.165, 1.54) is 4.68 Å². The third-order valence-corrected chi connectivity index (χ3v) is 3.99. The molecule has 20 heavy (non-hydrogen) atoms. The average Bonchev–Trinajstić information content (AvgIpc) is 2.78. The minimum atomic E-state index is -4.39. The van der Waals surface area contributed by atoms with Gasteiger partial charge in [-0.25, -0.2) is 4.68 Å². The lowest BCUT2D eigenvalue weighted by Gasteiger charge is -2.14. The number of benzene rings is 1. The Morgan fingerprint density at radius 3 is 2.60 bits per heavy atom. The topological polar surface area (TPSA) is 17.8 Å². The highest BCUT2D eigenvalue weighted by Gasteiger charge is 2.39. The maximum atomic E-state index is 13.1. The third kappa shape index (κ3) is 2.37. The van der Waals surface area contributed by atoms with E-state index in [-0.39, 0.29) is 0 Å². The molecule has 0 fully saturated rings. The Bertz CT molecular complexity index is 646. The number of aromatic nitrogens is 2. The van der Waals surface area contributed by atoms with E-state index < -0.39 is 11.9 Å². The zero-order chi connectivity index (χ0) is 14.3. The Balaban J connectivity index is 2.19. The van der Waals surface area contributed by atoms with Crippen molar-refractivity contribution in [2.24, 2.45) is 0 Å². The van der Waals surface area contributed by atoms with Gasteiger partial charge in [0.25, 0.3) is 0 Å². The molecule has 1 aliphatic carbocycles. The number of alkyl halides is 3. The fourth-order valence-corrected chi connectivity index (χ4v) is 3.04. The summed E-state index contributed by atoms with van der Waals surface area (Å²) in [6.45, 7) is 0. The van der Waals surface area contributed by atoms with Gasteiger partial charge in [-0.15, -0.1) is 0 Å². The fraction of sp³-hybridized carbons (Fsp3) is 0.357. The molecule has 3 rings (SSSR count). The second kappa shape index (κ2) is 4.91. The van der Waals surface area contributed by atoms with Gasteiger partial charge in [0.1, 0.15) is 0 Å². The highest BCUT2D eigenvalue weighted by Crippen LogP contribution is 2.36. The highest BCUT2D eigenvalue weighted by molar-refractivity contribution is 9.10. The molecular weight excluding hydrogens is 333 g/mol. The smallest absolute Gasteiger partial charge is 0.237 e. The number of halogens is 4. The van der Waals surface area contributed by atoms with E-state index in [4.69, 9.17) is 0 Å². The first-order valence-electron chi connectivity index (χ1n) is 6.41. The molecule has 2 aromatic rings. The molecule has 1 aromatic heterocycles. The van der Waals surface area contributed by atoms with Crippen molar-refractivity contribution in [2.75, 3.05) is 0 Å². The van der Waals surface area contributed by atoms with Crippen molar-refractivity contribution in [3.63, 3.8) is 0 Å². The van der Waals surface area contributed by atoms with Crippen molar-refractivity contribution in [3.8, 4) is 5.69 Å². The zero-order valence-corrected chi connectivity index (χ0v) is 12.1. The lowest BCUT2D eigenvalue weighted by atomic mass is 9.95. The van der Waals surface area contributed by atoms with Gasteiger partial charge in [0.15, 0.2) is 5.69 Å². The van der Waals surface area contributed by atoms with Gasteiger partial charge >= 0.3 is 6.18 Å². The van der Waals surface area contributed by atoms with Crippen LogP contribution in [0.4, 0.5) is 13.2 Å². The van der Waals surface area contributed by atoms with Crippen molar-refractivity contribution in [2.45, 2.75) is 31.9 Å². The normalized spacial score (nSPS) is 15.2. The molecule has 106 valence electrons. The minimum absolute atomic E-state index is 0.365. The van der Waals surface area contributed by atoms with Crippen LogP contribution in [0, 0.1) is 0 Å². The highest BCUT2D eigenvalue weighted by atomic mass is 79.9. The van der Waals surface area contributed by atoms with Crippen LogP contribution in [0.3, 0.4) is 0 Å². The van der Waals surface area contributed by atoms with E-state index in [0.717, 1.165) is 17.3 Å². The van der Waals surface area contributed by atoms with Crippen molar-refractivity contribution in [1.29, 1.82) is 0 Å². The maximum absolute atomic E-state index is 13.1. The second-order valence-electron chi connectivity index (χ2n) is 4.87. The largest absolute Gasteiger partial charge is 0.435 e. The fourth-order valence-electron chi connectivity index (χ4n) is 2.65. The van der Waals surface area contributed by atoms with E-state index in [1.807, 2.05) is 6.07 Å². The summed E-state index contributed by atoms with van der Waals surface area (Å²) in [6.07, 6.45) is -1.59. The van der Waals surface area contributed by atoms with E-state index >= 15 is 0 Å². The van der Waals surface area contributed by atoms with E-state index in [0.29, 0.717) is 29.8 Å². The standard InChI is InChI=1S/C14H12BrF3N2/c15-9-4-3-5-10(8-9)20-12-7-2-1-6-11(12)13(19-20)14(16,17)18/h3-5,8H,1-2,6-7H2. The number of fused-ring (bicyclic) bond motifs is 1. The molecule has 6 heteroatoms. The molecule has 0 radical (unpaired) electrons. The molecule has 0 bridgehead atoms. The van der Waals surface area contributed by atoms with Gasteiger partial charge in [-0.05, 0) is 43.9 Å². The predicted octanol–water partition coefficient (Wildman–Crippen LogP) is 4.53. The van der Waals surface area contributed by atoms with Crippen LogP contribution in [-0.2, 0) is 19.0 Å². The Kier molecular flexibility index (Phi) is 3.36. The molecule has 0 amide bonds. The molecule has 1 heterocycles. The molecule has 0 atom stereocenters. The van der Waals surface area contributed by atoms with Crippen LogP contribution in [0.5, 0.6) is 0 Å². The first kappa shape index (κ1) is 13.7. The number of nitrogens with zero attached hydrogens (tertiary/aromatic N) is 2. The molecule has 2 nitrogen and oxygen atoms in total. The summed E-state index contributed by atoms with van der Waals surface area (Å²) < 4.78 is 41.6. The summed E-state index contributed by atoms with van der Waals surface area (Å²) in [5, 5.41) is 3.85.